The van der Waals surface area contributed by atoms with Crippen LogP contribution in [0.2, 0.25) is 0 Å². The molecule has 1 aromatic heterocycles. The standard InChI is InChI=1S/C14H11N2S2/c1-10-7-8-18-13(10)12-9-16(14(17)15-12)11-5-3-2-4-6-11/h2-9H,1H3. The molecule has 0 bridgehead atoms. The van der Waals surface area contributed by atoms with E-state index < -0.39 is 0 Å². The smallest absolute Gasteiger partial charge is 0.204 e. The topological polar surface area (TPSA) is 17.3 Å². The second-order valence-corrected chi connectivity index (χ2v) is 5.33. The van der Waals surface area contributed by atoms with Gasteiger partial charge in [0.15, 0.2) is 0 Å². The highest BCUT2D eigenvalue weighted by atomic mass is 32.1. The molecule has 2 heterocycles. The molecule has 89 valence electrons. The van der Waals surface area contributed by atoms with Crippen LogP contribution in [0.1, 0.15) is 10.4 Å². The lowest BCUT2D eigenvalue weighted by Crippen LogP contribution is -2.23. The zero-order valence-electron chi connectivity index (χ0n) is 9.83. The number of rotatable bonds is 2. The maximum atomic E-state index is 5.33. The van der Waals surface area contributed by atoms with Crippen molar-refractivity contribution < 1.29 is 0 Å². The van der Waals surface area contributed by atoms with Crippen molar-refractivity contribution >= 4 is 40.1 Å². The van der Waals surface area contributed by atoms with Gasteiger partial charge in [-0.15, -0.1) is 11.3 Å². The first-order valence-corrected chi connectivity index (χ1v) is 6.91. The van der Waals surface area contributed by atoms with Gasteiger partial charge in [-0.1, -0.05) is 18.2 Å². The molecular formula is C14H11N2S2. The first-order chi connectivity index (χ1) is 8.75. The highest BCUT2D eigenvalue weighted by Gasteiger charge is 2.23. The van der Waals surface area contributed by atoms with Crippen LogP contribution in [-0.2, 0) is 0 Å². The van der Waals surface area contributed by atoms with Gasteiger partial charge in [0, 0.05) is 11.9 Å². The summed E-state index contributed by atoms with van der Waals surface area (Å²) < 4.78 is 0. The summed E-state index contributed by atoms with van der Waals surface area (Å²) in [6, 6.07) is 12.2. The molecule has 0 saturated heterocycles. The van der Waals surface area contributed by atoms with Crippen molar-refractivity contribution in [2.24, 2.45) is 0 Å². The maximum absolute atomic E-state index is 5.33. The number of benzene rings is 1. The lowest BCUT2D eigenvalue weighted by molar-refractivity contribution is 1.31. The van der Waals surface area contributed by atoms with Gasteiger partial charge in [0.05, 0.1) is 4.88 Å². The Hall–Kier alpha value is -1.65. The minimum atomic E-state index is 0.601. The number of hydrogen-bond donors (Lipinski definition) is 0. The fourth-order valence-electron chi connectivity index (χ4n) is 1.88. The third-order valence-corrected chi connectivity index (χ3v) is 4.13. The third-order valence-electron chi connectivity index (χ3n) is 2.80. The Morgan fingerprint density at radius 2 is 1.94 bits per heavy atom. The van der Waals surface area contributed by atoms with Gasteiger partial charge in [-0.3, -0.25) is 4.90 Å². The van der Waals surface area contributed by atoms with Crippen molar-refractivity contribution in [2.75, 3.05) is 4.90 Å². The van der Waals surface area contributed by atoms with Gasteiger partial charge in [0.2, 0.25) is 5.11 Å². The maximum Gasteiger partial charge on any atom is 0.204 e. The van der Waals surface area contributed by atoms with Crippen molar-refractivity contribution in [2.45, 2.75) is 6.92 Å². The van der Waals surface area contributed by atoms with Gasteiger partial charge < -0.3 is 0 Å². The number of nitrogens with zero attached hydrogens (tertiary/aromatic N) is 2. The number of para-hydroxylation sites is 1. The average Bonchev–Trinajstić information content (AvgIpc) is 2.96. The van der Waals surface area contributed by atoms with Crippen LogP contribution in [0.15, 0.2) is 48.0 Å². The molecule has 0 fully saturated rings. The van der Waals surface area contributed by atoms with E-state index in [2.05, 4.69) is 23.7 Å². The molecule has 0 amide bonds. The number of thiophene rings is 1. The molecule has 2 nitrogen and oxygen atoms in total. The van der Waals surface area contributed by atoms with Crippen LogP contribution < -0.4 is 10.2 Å². The normalized spacial score (nSPS) is 14.6. The van der Waals surface area contributed by atoms with Gasteiger partial charge in [0.25, 0.3) is 0 Å². The van der Waals surface area contributed by atoms with E-state index in [4.69, 9.17) is 12.2 Å². The Kier molecular flexibility index (Phi) is 2.89. The molecule has 0 saturated carbocycles. The quantitative estimate of drug-likeness (QED) is 0.774. The fourth-order valence-corrected chi connectivity index (χ4v) is 3.02. The molecule has 3 rings (SSSR count). The predicted molar refractivity (Wildman–Crippen MR) is 80.7 cm³/mol. The minimum Gasteiger partial charge on any atom is -0.290 e. The predicted octanol–water partition coefficient (Wildman–Crippen LogP) is 3.76. The molecule has 0 aliphatic carbocycles. The summed E-state index contributed by atoms with van der Waals surface area (Å²) in [5.74, 6) is 0. The Morgan fingerprint density at radius 3 is 2.61 bits per heavy atom. The van der Waals surface area contributed by atoms with Crippen molar-refractivity contribution in [1.82, 2.24) is 5.32 Å². The molecular weight excluding hydrogens is 260 g/mol. The van der Waals surface area contributed by atoms with Crippen LogP contribution in [0.5, 0.6) is 0 Å². The molecule has 0 N–H and O–H groups in total. The summed E-state index contributed by atoms with van der Waals surface area (Å²) >= 11 is 7.03. The van der Waals surface area contributed by atoms with Crippen molar-refractivity contribution in [1.29, 1.82) is 0 Å². The number of hydrogen-bond acceptors (Lipinski definition) is 2. The summed E-state index contributed by atoms with van der Waals surface area (Å²) in [5, 5.41) is 7.16. The summed E-state index contributed by atoms with van der Waals surface area (Å²) in [4.78, 5) is 3.14. The van der Waals surface area contributed by atoms with E-state index in [-0.39, 0.29) is 0 Å². The molecule has 2 aromatic rings. The van der Waals surface area contributed by atoms with Crippen LogP contribution in [0.25, 0.3) is 5.70 Å². The lowest BCUT2D eigenvalue weighted by atomic mass is 10.2. The second-order valence-electron chi connectivity index (χ2n) is 4.05. The zero-order chi connectivity index (χ0) is 12.5. The van der Waals surface area contributed by atoms with Gasteiger partial charge in [-0.25, -0.2) is 5.32 Å². The largest absolute Gasteiger partial charge is 0.290 e. The highest BCUT2D eigenvalue weighted by molar-refractivity contribution is 7.80. The SMILES string of the molecule is Cc1ccsc1C1=CN(c2ccccc2)C(=S)[N]1. The summed E-state index contributed by atoms with van der Waals surface area (Å²) in [6.07, 6.45) is 2.01. The first kappa shape index (κ1) is 11.4. The van der Waals surface area contributed by atoms with Crippen LogP contribution in [0, 0.1) is 6.92 Å². The van der Waals surface area contributed by atoms with E-state index in [1.807, 2.05) is 41.4 Å². The van der Waals surface area contributed by atoms with Crippen molar-refractivity contribution in [3.8, 4) is 0 Å². The van der Waals surface area contributed by atoms with E-state index in [0.29, 0.717) is 5.11 Å². The summed E-state index contributed by atoms with van der Waals surface area (Å²) in [6.45, 7) is 2.09. The van der Waals surface area contributed by atoms with E-state index in [1.165, 1.54) is 10.4 Å². The van der Waals surface area contributed by atoms with Gasteiger partial charge in [-0.2, -0.15) is 0 Å². The van der Waals surface area contributed by atoms with Gasteiger partial charge >= 0.3 is 0 Å². The Bertz CT molecular complexity index is 614. The first-order valence-electron chi connectivity index (χ1n) is 5.62. The number of anilines is 1. The Labute approximate surface area is 116 Å². The molecule has 4 heteroatoms. The number of aryl methyl sites for hydroxylation is 1. The molecule has 1 radical (unpaired) electrons. The zero-order valence-corrected chi connectivity index (χ0v) is 11.5. The monoisotopic (exact) mass is 271 g/mol. The van der Waals surface area contributed by atoms with E-state index in [9.17, 15) is 0 Å². The Balaban J connectivity index is 1.97. The van der Waals surface area contributed by atoms with Crippen LogP contribution in [0.4, 0.5) is 5.69 Å². The summed E-state index contributed by atoms with van der Waals surface area (Å²) in [5.41, 5.74) is 3.25. The molecule has 1 aliphatic rings. The highest BCUT2D eigenvalue weighted by Crippen LogP contribution is 2.29. The third kappa shape index (κ3) is 1.94. The van der Waals surface area contributed by atoms with Crippen LogP contribution in [0.3, 0.4) is 0 Å². The van der Waals surface area contributed by atoms with Crippen LogP contribution in [-0.4, -0.2) is 5.11 Å². The van der Waals surface area contributed by atoms with Gasteiger partial charge in [-0.05, 0) is 48.3 Å². The molecule has 1 aliphatic heterocycles. The summed E-state index contributed by atoms with van der Waals surface area (Å²) in [7, 11) is 0. The fraction of sp³-hybridized carbons (Fsp3) is 0.0714. The van der Waals surface area contributed by atoms with Crippen molar-refractivity contribution in [3.05, 3.63) is 58.4 Å². The van der Waals surface area contributed by atoms with Crippen molar-refractivity contribution in [3.63, 3.8) is 0 Å². The van der Waals surface area contributed by atoms with Gasteiger partial charge in [0.1, 0.15) is 5.70 Å². The Morgan fingerprint density at radius 1 is 1.17 bits per heavy atom. The molecule has 18 heavy (non-hydrogen) atoms. The van der Waals surface area contributed by atoms with E-state index >= 15 is 0 Å². The molecule has 0 spiro atoms. The molecule has 1 aromatic carbocycles. The second kappa shape index (κ2) is 4.55. The average molecular weight is 271 g/mol. The number of thiocarbonyl (C=S) groups is 1. The van der Waals surface area contributed by atoms with Crippen LogP contribution >= 0.6 is 23.6 Å². The lowest BCUT2D eigenvalue weighted by Gasteiger charge is -2.13. The van der Waals surface area contributed by atoms with E-state index in [1.54, 1.807) is 11.3 Å². The molecule has 0 unspecified atom stereocenters. The molecule has 0 atom stereocenters. The minimum absolute atomic E-state index is 0.601. The van der Waals surface area contributed by atoms with E-state index in [0.717, 1.165) is 11.4 Å².